The van der Waals surface area contributed by atoms with Gasteiger partial charge in [0.1, 0.15) is 11.4 Å². The highest BCUT2D eigenvalue weighted by Crippen LogP contribution is 2.46. The summed E-state index contributed by atoms with van der Waals surface area (Å²) < 4.78 is 33.4. The van der Waals surface area contributed by atoms with Gasteiger partial charge in [-0.1, -0.05) is 42.5 Å². The fraction of sp³-hybridized carbons (Fsp3) is 0.250. The third kappa shape index (κ3) is 10.1. The van der Waals surface area contributed by atoms with Crippen molar-refractivity contribution in [3.05, 3.63) is 144 Å². The third-order valence-corrected chi connectivity index (χ3v) is 12.5. The number of carbonyl (C=O) groups is 4. The van der Waals surface area contributed by atoms with Gasteiger partial charge in [-0.3, -0.25) is 33.3 Å². The molecule has 0 radical (unpaired) electrons. The first-order valence-corrected chi connectivity index (χ1v) is 22.7. The number of benzene rings is 3. The third-order valence-electron chi connectivity index (χ3n) is 11.1. The summed E-state index contributed by atoms with van der Waals surface area (Å²) >= 11 is 0. The van der Waals surface area contributed by atoms with Crippen molar-refractivity contribution in [3.8, 4) is 16.9 Å². The summed E-state index contributed by atoms with van der Waals surface area (Å²) in [6, 6.07) is 19.6. The van der Waals surface area contributed by atoms with Crippen molar-refractivity contribution in [1.29, 1.82) is 0 Å². The van der Waals surface area contributed by atoms with Crippen LogP contribution < -0.4 is 10.1 Å². The van der Waals surface area contributed by atoms with Crippen molar-refractivity contribution >= 4 is 59.7 Å². The topological polar surface area (TPSA) is 189 Å². The lowest BCUT2D eigenvalue weighted by molar-refractivity contribution is -0.116. The van der Waals surface area contributed by atoms with E-state index in [0.717, 1.165) is 27.6 Å². The molecule has 5 heterocycles. The Morgan fingerprint density at radius 2 is 1.71 bits per heavy atom. The highest BCUT2D eigenvalue weighted by molar-refractivity contribution is 7.51. The van der Waals surface area contributed by atoms with E-state index in [9.17, 15) is 28.6 Å². The zero-order valence-electron chi connectivity index (χ0n) is 36.3. The Balaban J connectivity index is 0.829. The Morgan fingerprint density at radius 1 is 0.908 bits per heavy atom. The van der Waals surface area contributed by atoms with Gasteiger partial charge in [-0.2, -0.15) is 0 Å². The van der Waals surface area contributed by atoms with Crippen molar-refractivity contribution in [2.75, 3.05) is 32.2 Å². The van der Waals surface area contributed by atoms with E-state index in [1.165, 1.54) is 7.11 Å². The van der Waals surface area contributed by atoms with Gasteiger partial charge in [0.15, 0.2) is 11.6 Å². The fourth-order valence-corrected chi connectivity index (χ4v) is 8.90. The summed E-state index contributed by atoms with van der Waals surface area (Å²) in [6.07, 6.45) is 14.7. The minimum absolute atomic E-state index is 0.00962. The molecule has 2 N–H and O–H groups in total. The van der Waals surface area contributed by atoms with Crippen molar-refractivity contribution in [3.63, 3.8) is 0 Å². The number of anilines is 1. The Bertz CT molecular complexity index is 2960. The minimum Gasteiger partial charge on any atom is -0.493 e. The molecule has 0 aliphatic carbocycles. The van der Waals surface area contributed by atoms with Gasteiger partial charge in [-0.15, -0.1) is 0 Å². The van der Waals surface area contributed by atoms with Gasteiger partial charge in [0, 0.05) is 82.1 Å². The summed E-state index contributed by atoms with van der Waals surface area (Å²) in [7, 11) is 1.12. The number of amides is 2. The molecule has 2 atom stereocenters. The van der Waals surface area contributed by atoms with Crippen LogP contribution in [-0.2, 0) is 45.3 Å². The molecular weight excluding hydrogens is 850 g/mol. The number of methoxy groups -OCH3 is 1. The number of aromatic nitrogens is 4. The maximum Gasteiger partial charge on any atom is 0.332 e. The molecule has 0 saturated heterocycles. The lowest BCUT2D eigenvalue weighted by atomic mass is 10.0. The molecule has 334 valence electrons. The second-order valence-electron chi connectivity index (χ2n) is 15.9. The Morgan fingerprint density at radius 3 is 2.51 bits per heavy atom. The molecule has 2 aliphatic rings. The van der Waals surface area contributed by atoms with E-state index in [-0.39, 0.29) is 80.0 Å². The number of hydrogen-bond acceptors (Lipinski definition) is 10. The zero-order valence-corrected chi connectivity index (χ0v) is 37.2. The van der Waals surface area contributed by atoms with Gasteiger partial charge in [0.05, 0.1) is 48.8 Å². The van der Waals surface area contributed by atoms with Crippen LogP contribution >= 0.6 is 7.60 Å². The first-order chi connectivity index (χ1) is 31.3. The van der Waals surface area contributed by atoms with Crippen LogP contribution in [0.4, 0.5) is 11.5 Å². The van der Waals surface area contributed by atoms with Crippen molar-refractivity contribution in [1.82, 2.24) is 23.6 Å². The van der Waals surface area contributed by atoms with E-state index >= 15 is 0 Å². The fourth-order valence-electron chi connectivity index (χ4n) is 7.79. The van der Waals surface area contributed by atoms with Gasteiger partial charge in [-0.05, 0) is 72.0 Å². The number of hydrogen-bond donors (Lipinski definition) is 2. The molecule has 1 unspecified atom stereocenters. The van der Waals surface area contributed by atoms with Crippen molar-refractivity contribution in [2.45, 2.75) is 38.4 Å². The monoisotopic (exact) mass is 897 g/mol. The average Bonchev–Trinajstić information content (AvgIpc) is 3.98. The normalized spacial score (nSPS) is 15.1. The Hall–Kier alpha value is -6.97. The van der Waals surface area contributed by atoms with Gasteiger partial charge in [-0.25, -0.2) is 4.98 Å². The minimum atomic E-state index is -3.87. The summed E-state index contributed by atoms with van der Waals surface area (Å²) in [5, 5.41) is 3.52. The molecule has 16 nitrogen and oxygen atoms in total. The molecule has 6 aromatic rings. The molecule has 0 bridgehead atoms. The summed E-state index contributed by atoms with van der Waals surface area (Å²) in [6.45, 7) is 2.35. The number of rotatable bonds is 17. The number of aryl methyl sites for hydroxylation is 3. The number of aliphatic imine (C=N–C) groups is 1. The van der Waals surface area contributed by atoms with Crippen LogP contribution in [0.25, 0.3) is 22.0 Å². The van der Waals surface area contributed by atoms with E-state index in [1.54, 1.807) is 93.9 Å². The number of nitrogens with one attached hydrogen (secondary N) is 1. The van der Waals surface area contributed by atoms with E-state index in [0.29, 0.717) is 40.2 Å². The smallest absolute Gasteiger partial charge is 0.332 e. The maximum absolute atomic E-state index is 13.8. The molecule has 0 fully saturated rings. The van der Waals surface area contributed by atoms with Crippen LogP contribution in [0.5, 0.6) is 5.75 Å². The molecule has 3 aromatic heterocycles. The second kappa shape index (κ2) is 19.0. The van der Waals surface area contributed by atoms with Crippen molar-refractivity contribution in [2.24, 2.45) is 19.1 Å². The lowest BCUT2D eigenvalue weighted by Gasteiger charge is -2.24. The maximum atomic E-state index is 13.8. The quantitative estimate of drug-likeness (QED) is 0.0525. The number of carbonyl (C=O) groups excluding carboxylic acids is 4. The van der Waals surface area contributed by atoms with Crippen LogP contribution in [-0.4, -0.2) is 91.2 Å². The Kier molecular flexibility index (Phi) is 13.1. The Labute approximate surface area is 375 Å². The predicted octanol–water partition coefficient (Wildman–Crippen LogP) is 7.56. The number of Topliss-reactive ketones (excluding diaryl/α,β-unsaturated/α-hetero) is 1. The molecule has 0 saturated carbocycles. The number of ether oxygens (including phenoxy) is 2. The van der Waals surface area contributed by atoms with Gasteiger partial charge >= 0.3 is 7.60 Å². The number of imidazole rings is 1. The molecule has 8 rings (SSSR count). The van der Waals surface area contributed by atoms with E-state index in [2.05, 4.69) is 15.3 Å². The number of allylic oxidation sites excluding steroid dienone is 2. The SMILES string of the molecule is COCCOP(=O)(O)Cc1ccc2c(ccn2C(=O)c2cc(-c3ccc(CC(=O)c4nc(NC(=O)CCCOc5cc6c(cc5C)C(=O)N5C=CC=C[C@H]5C=N6)cn4C)cc3)cn2C)c1. The number of ketones is 1. The predicted molar refractivity (Wildman–Crippen MR) is 246 cm³/mol. The first kappa shape index (κ1) is 44.6. The van der Waals surface area contributed by atoms with Gasteiger partial charge < -0.3 is 38.2 Å². The number of nitrogens with zero attached hydrogens (tertiary/aromatic N) is 6. The van der Waals surface area contributed by atoms with Crippen LogP contribution in [0, 0.1) is 6.92 Å². The first-order valence-electron chi connectivity index (χ1n) is 21.0. The van der Waals surface area contributed by atoms with Crippen LogP contribution in [0.3, 0.4) is 0 Å². The molecule has 2 amide bonds. The molecule has 65 heavy (non-hydrogen) atoms. The highest BCUT2D eigenvalue weighted by atomic mass is 31.2. The van der Waals surface area contributed by atoms with Gasteiger partial charge in [0.2, 0.25) is 11.7 Å². The van der Waals surface area contributed by atoms with E-state index < -0.39 is 7.60 Å². The van der Waals surface area contributed by atoms with Crippen LogP contribution in [0.15, 0.2) is 115 Å². The van der Waals surface area contributed by atoms with E-state index in [4.69, 9.17) is 14.0 Å². The molecule has 3 aromatic carbocycles. The lowest BCUT2D eigenvalue weighted by Crippen LogP contribution is -2.36. The van der Waals surface area contributed by atoms with Gasteiger partial charge in [0.25, 0.3) is 11.8 Å². The largest absolute Gasteiger partial charge is 0.493 e. The zero-order chi connectivity index (χ0) is 45.8. The van der Waals surface area contributed by atoms with Crippen LogP contribution in [0.1, 0.15) is 61.0 Å². The second-order valence-corrected chi connectivity index (χ2v) is 17.8. The molecular formula is C48H48N7O9P. The standard InChI is InChI=1S/C48H48N7O9P/c1-31-22-38-39(49-27-37-8-5-6-17-54(37)47(38)58)26-43(31)63-19-7-9-45(57)50-44-29-53(3)46(51-44)42(56)24-32-10-13-34(14-11-32)36-25-41(52(2)28-36)48(59)55-18-16-35-23-33(12-15-40(35)55)30-65(60,61)64-21-20-62-4/h5-6,8,10-18,22-23,25-29,37H,7,9,19-21,24,30H2,1-4H3,(H,50,57)(H,60,61)/t37-/m0/s1. The highest BCUT2D eigenvalue weighted by Gasteiger charge is 2.28. The molecule has 17 heteroatoms. The van der Waals surface area contributed by atoms with E-state index in [1.807, 2.05) is 61.7 Å². The molecule has 2 aliphatic heterocycles. The van der Waals surface area contributed by atoms with Crippen molar-refractivity contribution < 1.29 is 42.6 Å². The molecule has 0 spiro atoms. The van der Waals surface area contributed by atoms with Crippen LogP contribution in [0.2, 0.25) is 0 Å². The number of fused-ring (bicyclic) bond motifs is 3. The summed E-state index contributed by atoms with van der Waals surface area (Å²) in [4.78, 5) is 74.0. The average molecular weight is 898 g/mol. The summed E-state index contributed by atoms with van der Waals surface area (Å²) in [5.41, 5.74) is 5.98. The summed E-state index contributed by atoms with van der Waals surface area (Å²) in [5.74, 6) is 0.191.